The number of halogens is 3. The van der Waals surface area contributed by atoms with Crippen molar-refractivity contribution in [2.75, 3.05) is 23.6 Å². The first-order valence-electron chi connectivity index (χ1n) is 12.1. The summed E-state index contributed by atoms with van der Waals surface area (Å²) in [7, 11) is 1.65. The molecule has 204 valence electrons. The Labute approximate surface area is 226 Å². The lowest BCUT2D eigenvalue weighted by atomic mass is 9.93. The van der Waals surface area contributed by atoms with Crippen molar-refractivity contribution in [2.45, 2.75) is 42.8 Å². The van der Waals surface area contributed by atoms with Crippen molar-refractivity contribution in [2.24, 2.45) is 0 Å². The van der Waals surface area contributed by atoms with Crippen LogP contribution in [0, 0.1) is 0 Å². The number of benzene rings is 2. The van der Waals surface area contributed by atoms with E-state index in [1.54, 1.807) is 18.1 Å². The number of aromatic hydroxyl groups is 1. The van der Waals surface area contributed by atoms with Crippen LogP contribution >= 0.6 is 11.8 Å². The zero-order valence-electron chi connectivity index (χ0n) is 21.3. The van der Waals surface area contributed by atoms with Crippen molar-refractivity contribution in [3.63, 3.8) is 0 Å². The lowest BCUT2D eigenvalue weighted by molar-refractivity contribution is -0.173. The average Bonchev–Trinajstić information content (AvgIpc) is 3.06. The minimum absolute atomic E-state index is 0.187. The van der Waals surface area contributed by atoms with Gasteiger partial charge in [0.2, 0.25) is 11.3 Å². The minimum atomic E-state index is -4.75. The average molecular weight is 559 g/mol. The predicted octanol–water partition coefficient (Wildman–Crippen LogP) is 4.23. The van der Waals surface area contributed by atoms with Gasteiger partial charge in [-0.25, -0.2) is 0 Å². The molecule has 2 atom stereocenters. The Morgan fingerprint density at radius 1 is 1.10 bits per heavy atom. The highest BCUT2D eigenvalue weighted by atomic mass is 32.2. The molecular formula is C27H25F3N4O4S. The second kappa shape index (κ2) is 9.67. The van der Waals surface area contributed by atoms with E-state index >= 15 is 0 Å². The number of hydrogen-bond acceptors (Lipinski definition) is 6. The normalized spacial score (nSPS) is 17.6. The van der Waals surface area contributed by atoms with Crippen molar-refractivity contribution in [1.29, 1.82) is 0 Å². The van der Waals surface area contributed by atoms with Crippen molar-refractivity contribution in [3.05, 3.63) is 87.3 Å². The molecule has 5 rings (SSSR count). The van der Waals surface area contributed by atoms with E-state index in [1.165, 1.54) is 34.5 Å². The van der Waals surface area contributed by atoms with Gasteiger partial charge in [-0.1, -0.05) is 30.3 Å². The molecule has 0 saturated carbocycles. The van der Waals surface area contributed by atoms with E-state index in [2.05, 4.69) is 0 Å². The summed E-state index contributed by atoms with van der Waals surface area (Å²) in [5.74, 6) is -1.73. The summed E-state index contributed by atoms with van der Waals surface area (Å²) in [4.78, 5) is 40.9. The van der Waals surface area contributed by atoms with Gasteiger partial charge in [0.25, 0.3) is 5.91 Å². The molecule has 0 unspecified atom stereocenters. The Bertz CT molecular complexity index is 1540. The molecule has 0 bridgehead atoms. The molecular weight excluding hydrogens is 533 g/mol. The minimum Gasteiger partial charge on any atom is -0.502 e. The number of aromatic nitrogens is 1. The quantitative estimate of drug-likeness (QED) is 0.518. The molecule has 0 fully saturated rings. The van der Waals surface area contributed by atoms with E-state index in [0.717, 1.165) is 34.6 Å². The number of thioether (sulfide) groups is 1. The van der Waals surface area contributed by atoms with Gasteiger partial charge in [-0.05, 0) is 35.7 Å². The molecule has 2 aliphatic rings. The fraction of sp³-hybridized carbons (Fsp3) is 0.296. The van der Waals surface area contributed by atoms with E-state index in [1.807, 2.05) is 36.4 Å². The summed E-state index contributed by atoms with van der Waals surface area (Å²) < 4.78 is 43.0. The maximum atomic E-state index is 13.9. The molecule has 39 heavy (non-hydrogen) atoms. The van der Waals surface area contributed by atoms with Crippen LogP contribution in [0.3, 0.4) is 0 Å². The van der Waals surface area contributed by atoms with Gasteiger partial charge in [-0.15, -0.1) is 11.8 Å². The van der Waals surface area contributed by atoms with E-state index in [9.17, 15) is 32.7 Å². The number of nitrogens with zero attached hydrogens (tertiary/aromatic N) is 4. The van der Waals surface area contributed by atoms with Crippen LogP contribution in [0.2, 0.25) is 0 Å². The first-order valence-corrected chi connectivity index (χ1v) is 13.1. The Morgan fingerprint density at radius 3 is 2.49 bits per heavy atom. The molecule has 3 aromatic rings. The highest BCUT2D eigenvalue weighted by molar-refractivity contribution is 7.98. The zero-order chi connectivity index (χ0) is 28.2. The smallest absolute Gasteiger partial charge is 0.408 e. The van der Waals surface area contributed by atoms with E-state index in [4.69, 9.17) is 0 Å². The number of fused-ring (bicyclic) bond motifs is 3. The largest absolute Gasteiger partial charge is 0.502 e. The van der Waals surface area contributed by atoms with Gasteiger partial charge in [0.1, 0.15) is 12.7 Å². The number of anilines is 1. The molecule has 0 aliphatic carbocycles. The summed E-state index contributed by atoms with van der Waals surface area (Å²) in [5.41, 5.74) is 1.52. The second-order valence-electron chi connectivity index (χ2n) is 9.45. The summed E-state index contributed by atoms with van der Waals surface area (Å²) in [5, 5.41) is 12.2. The Morgan fingerprint density at radius 2 is 1.79 bits per heavy atom. The standard InChI is InChI=1S/C27H25F3N4O4S/c1-15(27(28,29)30)32-14-34(33-12-11-21(36)25(37)24(33)26(32)38)23-17-8-6-9-20(31(3)16(2)35)19(17)13-39-22-10-5-4-7-18(22)23/h4-12,15,23,37H,13-14H2,1-3H3/t15-,23+/m1/s1. The van der Waals surface area contributed by atoms with Crippen molar-refractivity contribution in [3.8, 4) is 5.75 Å². The predicted molar refractivity (Wildman–Crippen MR) is 141 cm³/mol. The van der Waals surface area contributed by atoms with Crippen LogP contribution in [-0.4, -0.2) is 52.4 Å². The monoisotopic (exact) mass is 558 g/mol. The van der Waals surface area contributed by atoms with Crippen LogP contribution in [-0.2, 0) is 10.5 Å². The van der Waals surface area contributed by atoms with Crippen LogP contribution in [0.5, 0.6) is 5.75 Å². The highest BCUT2D eigenvalue weighted by Crippen LogP contribution is 2.45. The molecule has 12 heteroatoms. The first-order chi connectivity index (χ1) is 18.4. The lowest BCUT2D eigenvalue weighted by Crippen LogP contribution is -2.60. The Hall–Kier alpha value is -3.93. The van der Waals surface area contributed by atoms with Crippen molar-refractivity contribution < 1.29 is 27.9 Å². The molecule has 2 aromatic carbocycles. The van der Waals surface area contributed by atoms with Gasteiger partial charge in [-0.3, -0.25) is 24.1 Å². The summed E-state index contributed by atoms with van der Waals surface area (Å²) >= 11 is 1.53. The molecule has 3 heterocycles. The number of carbonyl (C=O) groups excluding carboxylic acids is 2. The number of amides is 2. The first kappa shape index (κ1) is 26.7. The van der Waals surface area contributed by atoms with Gasteiger partial charge in [0, 0.05) is 42.6 Å². The molecule has 0 spiro atoms. The fourth-order valence-electron chi connectivity index (χ4n) is 5.00. The van der Waals surface area contributed by atoms with Crippen LogP contribution < -0.4 is 15.3 Å². The summed E-state index contributed by atoms with van der Waals surface area (Å²) in [6.07, 6.45) is -3.46. The lowest BCUT2D eigenvalue weighted by Gasteiger charge is -2.46. The van der Waals surface area contributed by atoms with Gasteiger partial charge in [-0.2, -0.15) is 13.2 Å². The number of pyridine rings is 1. The fourth-order valence-corrected chi connectivity index (χ4v) is 6.14. The molecule has 2 amide bonds. The van der Waals surface area contributed by atoms with E-state index in [0.29, 0.717) is 16.3 Å². The third kappa shape index (κ3) is 4.42. The molecule has 2 aliphatic heterocycles. The molecule has 0 radical (unpaired) electrons. The van der Waals surface area contributed by atoms with Gasteiger partial charge in [0.05, 0.1) is 6.04 Å². The van der Waals surface area contributed by atoms with Gasteiger partial charge < -0.3 is 14.9 Å². The zero-order valence-corrected chi connectivity index (χ0v) is 22.1. The number of carbonyl (C=O) groups is 2. The topological polar surface area (TPSA) is 86.1 Å². The number of hydrogen-bond donors (Lipinski definition) is 1. The maximum Gasteiger partial charge on any atom is 0.408 e. The summed E-state index contributed by atoms with van der Waals surface area (Å²) in [6.45, 7) is 1.83. The highest BCUT2D eigenvalue weighted by Gasteiger charge is 2.47. The van der Waals surface area contributed by atoms with Crippen LogP contribution in [0.15, 0.2) is 64.4 Å². The maximum absolute atomic E-state index is 13.9. The van der Waals surface area contributed by atoms with Crippen LogP contribution in [0.4, 0.5) is 18.9 Å². The van der Waals surface area contributed by atoms with E-state index < -0.39 is 47.7 Å². The third-order valence-corrected chi connectivity index (χ3v) is 8.35. The number of rotatable bonds is 3. The van der Waals surface area contributed by atoms with Crippen LogP contribution in [0.25, 0.3) is 0 Å². The van der Waals surface area contributed by atoms with Crippen molar-refractivity contribution >= 4 is 29.3 Å². The van der Waals surface area contributed by atoms with E-state index in [-0.39, 0.29) is 5.91 Å². The van der Waals surface area contributed by atoms with Crippen LogP contribution in [0.1, 0.15) is 47.1 Å². The van der Waals surface area contributed by atoms with Crippen molar-refractivity contribution in [1.82, 2.24) is 9.58 Å². The number of alkyl halides is 3. The third-order valence-electron chi connectivity index (χ3n) is 7.23. The molecule has 8 nitrogen and oxygen atoms in total. The Balaban J connectivity index is 1.80. The summed E-state index contributed by atoms with van der Waals surface area (Å²) in [6, 6.07) is 11.0. The molecule has 0 saturated heterocycles. The van der Waals surface area contributed by atoms with Gasteiger partial charge >= 0.3 is 6.18 Å². The molecule has 1 aromatic heterocycles. The Kier molecular flexibility index (Phi) is 6.61. The van der Waals surface area contributed by atoms with Gasteiger partial charge in [0.15, 0.2) is 11.4 Å². The SMILES string of the molecule is CC(=O)N(C)c1cccc2c1CSc1ccccc1[C@H]2N1CN([C@H](C)C(F)(F)F)C(=O)c2c(O)c(=O)ccn21. The molecule has 1 N–H and O–H groups in total. The second-order valence-corrected chi connectivity index (χ2v) is 10.5.